The van der Waals surface area contributed by atoms with Gasteiger partial charge < -0.3 is 14.0 Å². The third kappa shape index (κ3) is 3.79. The highest BCUT2D eigenvalue weighted by molar-refractivity contribution is 7.91. The van der Waals surface area contributed by atoms with E-state index in [0.717, 1.165) is 36.4 Å². The Balaban J connectivity index is 1.10. The van der Waals surface area contributed by atoms with E-state index in [1.165, 1.54) is 11.3 Å². The van der Waals surface area contributed by atoms with Gasteiger partial charge in [-0.2, -0.15) is 9.29 Å². The normalized spacial score (nSPS) is 19.5. The maximum Gasteiger partial charge on any atom is 0.252 e. The maximum atomic E-state index is 13.2. The summed E-state index contributed by atoms with van der Waals surface area (Å²) >= 11 is 1.20. The molecule has 0 amide bonds. The lowest BCUT2D eigenvalue weighted by Gasteiger charge is -2.33. The Hall–Kier alpha value is -2.47. The number of ether oxygens (including phenoxy) is 2. The van der Waals surface area contributed by atoms with Gasteiger partial charge in [0.2, 0.25) is 18.5 Å². The summed E-state index contributed by atoms with van der Waals surface area (Å²) in [6.45, 7) is 3.24. The van der Waals surface area contributed by atoms with Gasteiger partial charge in [-0.25, -0.2) is 8.42 Å². The van der Waals surface area contributed by atoms with E-state index < -0.39 is 10.0 Å². The lowest BCUT2D eigenvalue weighted by molar-refractivity contribution is 0.173. The van der Waals surface area contributed by atoms with Crippen LogP contribution in [-0.4, -0.2) is 60.7 Å². The van der Waals surface area contributed by atoms with Gasteiger partial charge in [-0.1, -0.05) is 11.2 Å². The molecule has 11 heteroatoms. The highest BCUT2D eigenvalue weighted by atomic mass is 32.2. The quantitative estimate of drug-likeness (QED) is 0.538. The van der Waals surface area contributed by atoms with Crippen LogP contribution in [0.25, 0.3) is 11.4 Å². The molecule has 168 valence electrons. The molecule has 3 aromatic rings. The molecule has 1 aliphatic carbocycles. The van der Waals surface area contributed by atoms with E-state index in [2.05, 4.69) is 15.0 Å². The molecular formula is C21H22N4O5S2. The van der Waals surface area contributed by atoms with Crippen molar-refractivity contribution in [2.24, 2.45) is 0 Å². The molecule has 3 aliphatic rings. The first kappa shape index (κ1) is 20.2. The fraction of sp³-hybridized carbons (Fsp3) is 0.429. The van der Waals surface area contributed by atoms with E-state index in [-0.39, 0.29) is 6.79 Å². The van der Waals surface area contributed by atoms with Crippen LogP contribution in [0.2, 0.25) is 0 Å². The summed E-state index contributed by atoms with van der Waals surface area (Å²) in [4.78, 5) is 6.67. The fourth-order valence-electron chi connectivity index (χ4n) is 3.97. The molecule has 0 radical (unpaired) electrons. The molecule has 1 saturated carbocycles. The van der Waals surface area contributed by atoms with Crippen molar-refractivity contribution in [1.82, 2.24) is 19.3 Å². The van der Waals surface area contributed by atoms with Crippen LogP contribution < -0.4 is 9.47 Å². The average Bonchev–Trinajstić information content (AvgIpc) is 3.21. The second-order valence-electron chi connectivity index (χ2n) is 8.25. The summed E-state index contributed by atoms with van der Waals surface area (Å²) in [6, 6.07) is 7.59. The number of nitrogens with zero attached hydrogens (tertiary/aromatic N) is 4. The van der Waals surface area contributed by atoms with Crippen molar-refractivity contribution in [3.8, 4) is 22.9 Å². The molecule has 0 unspecified atom stereocenters. The number of hydrogen-bond acceptors (Lipinski definition) is 9. The van der Waals surface area contributed by atoms with Gasteiger partial charge in [-0.3, -0.25) is 4.90 Å². The van der Waals surface area contributed by atoms with Gasteiger partial charge in [0.15, 0.2) is 11.5 Å². The smallest absolute Gasteiger partial charge is 0.252 e. The number of rotatable bonds is 6. The lowest BCUT2D eigenvalue weighted by atomic mass is 10.2. The van der Waals surface area contributed by atoms with Crippen LogP contribution in [0.5, 0.6) is 11.5 Å². The van der Waals surface area contributed by atoms with Crippen molar-refractivity contribution in [3.63, 3.8) is 0 Å². The van der Waals surface area contributed by atoms with Gasteiger partial charge in [-0.05, 0) is 36.6 Å². The third-order valence-electron chi connectivity index (χ3n) is 5.97. The van der Waals surface area contributed by atoms with Crippen LogP contribution in [0.4, 0.5) is 0 Å². The number of aromatic nitrogens is 2. The number of sulfonamides is 1. The summed E-state index contributed by atoms with van der Waals surface area (Å²) in [5.74, 6) is 3.01. The van der Waals surface area contributed by atoms with Crippen LogP contribution >= 0.6 is 11.3 Å². The standard InChI is InChI=1S/C21H22N4O5S2/c26-32(27,19-10-16(12-31-19)20-22-21(30-23-20)15-2-3-15)25-7-5-24(6-8-25)11-14-1-4-17-18(9-14)29-13-28-17/h1,4,9-10,12,15H,2-3,5-8,11,13H2. The monoisotopic (exact) mass is 474 g/mol. The Kier molecular flexibility index (Phi) is 4.94. The van der Waals surface area contributed by atoms with Crippen molar-refractivity contribution in [3.05, 3.63) is 41.1 Å². The predicted octanol–water partition coefficient (Wildman–Crippen LogP) is 2.91. The number of hydrogen-bond donors (Lipinski definition) is 0. The first-order valence-electron chi connectivity index (χ1n) is 10.6. The Labute approximate surface area is 189 Å². The summed E-state index contributed by atoms with van der Waals surface area (Å²) in [5, 5.41) is 5.80. The van der Waals surface area contributed by atoms with Crippen molar-refractivity contribution in [1.29, 1.82) is 0 Å². The van der Waals surface area contributed by atoms with E-state index in [1.807, 2.05) is 18.2 Å². The Morgan fingerprint density at radius 1 is 1.06 bits per heavy atom. The maximum absolute atomic E-state index is 13.2. The highest BCUT2D eigenvalue weighted by Gasteiger charge is 2.32. The van der Waals surface area contributed by atoms with E-state index >= 15 is 0 Å². The van der Waals surface area contributed by atoms with Crippen molar-refractivity contribution in [2.75, 3.05) is 33.0 Å². The number of piperazine rings is 1. The van der Waals surface area contributed by atoms with Crippen LogP contribution in [0.1, 0.15) is 30.2 Å². The average molecular weight is 475 g/mol. The minimum Gasteiger partial charge on any atom is -0.454 e. The number of fused-ring (bicyclic) bond motifs is 1. The Morgan fingerprint density at radius 2 is 1.88 bits per heavy atom. The molecule has 0 bridgehead atoms. The molecule has 2 aliphatic heterocycles. The zero-order chi connectivity index (χ0) is 21.7. The lowest BCUT2D eigenvalue weighted by Crippen LogP contribution is -2.48. The molecule has 32 heavy (non-hydrogen) atoms. The molecule has 2 fully saturated rings. The molecular weight excluding hydrogens is 452 g/mol. The van der Waals surface area contributed by atoms with Crippen molar-refractivity contribution < 1.29 is 22.4 Å². The molecule has 0 atom stereocenters. The Bertz CT molecular complexity index is 1240. The van der Waals surface area contributed by atoms with Crippen LogP contribution in [-0.2, 0) is 16.6 Å². The predicted molar refractivity (Wildman–Crippen MR) is 116 cm³/mol. The van der Waals surface area contributed by atoms with E-state index in [9.17, 15) is 8.42 Å². The van der Waals surface area contributed by atoms with Crippen LogP contribution in [0.15, 0.2) is 38.4 Å². The van der Waals surface area contributed by atoms with Gasteiger partial charge in [0.25, 0.3) is 10.0 Å². The largest absolute Gasteiger partial charge is 0.454 e. The second-order valence-corrected chi connectivity index (χ2v) is 11.3. The van der Waals surface area contributed by atoms with Gasteiger partial charge in [0.05, 0.1) is 0 Å². The number of thiophene rings is 1. The molecule has 0 spiro atoms. The van der Waals surface area contributed by atoms with Gasteiger partial charge in [0.1, 0.15) is 4.21 Å². The van der Waals surface area contributed by atoms with Gasteiger partial charge >= 0.3 is 0 Å². The fourth-order valence-corrected chi connectivity index (χ4v) is 6.70. The van der Waals surface area contributed by atoms with Gasteiger partial charge in [0, 0.05) is 49.6 Å². The second kappa shape index (κ2) is 7.84. The summed E-state index contributed by atoms with van der Waals surface area (Å²) in [7, 11) is -3.55. The van der Waals surface area contributed by atoms with Crippen molar-refractivity contribution >= 4 is 21.4 Å². The molecule has 1 saturated heterocycles. The SMILES string of the molecule is O=S(=O)(c1cc(-c2noc(C3CC3)n2)cs1)N1CCN(Cc2ccc3c(c2)OCO3)CC1. The molecule has 4 heterocycles. The van der Waals surface area contributed by atoms with Crippen LogP contribution in [0.3, 0.4) is 0 Å². The molecule has 0 N–H and O–H groups in total. The number of benzene rings is 1. The third-order valence-corrected chi connectivity index (χ3v) is 9.28. The molecule has 1 aromatic carbocycles. The minimum absolute atomic E-state index is 0.258. The topological polar surface area (TPSA) is 98.0 Å². The highest BCUT2D eigenvalue weighted by Crippen LogP contribution is 2.40. The molecule has 9 nitrogen and oxygen atoms in total. The summed E-state index contributed by atoms with van der Waals surface area (Å²) in [6.07, 6.45) is 2.15. The summed E-state index contributed by atoms with van der Waals surface area (Å²) < 4.78 is 44.3. The first-order chi connectivity index (χ1) is 15.6. The van der Waals surface area contributed by atoms with E-state index in [0.29, 0.717) is 53.6 Å². The van der Waals surface area contributed by atoms with E-state index in [4.69, 9.17) is 14.0 Å². The Morgan fingerprint density at radius 3 is 2.69 bits per heavy atom. The minimum atomic E-state index is -3.55. The molecule has 2 aromatic heterocycles. The van der Waals surface area contributed by atoms with E-state index in [1.54, 1.807) is 15.8 Å². The zero-order valence-corrected chi connectivity index (χ0v) is 18.9. The van der Waals surface area contributed by atoms with Gasteiger partial charge in [-0.15, -0.1) is 11.3 Å². The van der Waals surface area contributed by atoms with Crippen molar-refractivity contribution in [2.45, 2.75) is 29.5 Å². The first-order valence-corrected chi connectivity index (χ1v) is 12.9. The molecule has 6 rings (SSSR count). The zero-order valence-electron chi connectivity index (χ0n) is 17.3. The van der Waals surface area contributed by atoms with Crippen LogP contribution in [0, 0.1) is 0 Å². The summed E-state index contributed by atoms with van der Waals surface area (Å²) in [5.41, 5.74) is 1.81.